The second-order valence-corrected chi connectivity index (χ2v) is 5.37. The van der Waals surface area contributed by atoms with Crippen molar-refractivity contribution in [1.29, 1.82) is 0 Å². The Morgan fingerprint density at radius 1 is 1.21 bits per heavy atom. The summed E-state index contributed by atoms with van der Waals surface area (Å²) < 4.78 is 0. The number of nitrogens with one attached hydrogen (secondary N) is 2. The van der Waals surface area contributed by atoms with E-state index >= 15 is 0 Å². The summed E-state index contributed by atoms with van der Waals surface area (Å²) >= 11 is 0. The predicted molar refractivity (Wildman–Crippen MR) is 72.8 cm³/mol. The summed E-state index contributed by atoms with van der Waals surface area (Å²) in [7, 11) is 0. The van der Waals surface area contributed by atoms with E-state index in [1.165, 1.54) is 0 Å². The maximum atomic E-state index is 12.3. The third kappa shape index (κ3) is 1.71. The van der Waals surface area contributed by atoms with Crippen molar-refractivity contribution in [3.05, 3.63) is 42.2 Å². The Labute approximate surface area is 111 Å². The predicted octanol–water partition coefficient (Wildman–Crippen LogP) is 1.18. The highest BCUT2D eigenvalue weighted by atomic mass is 16.2. The molecule has 2 heterocycles. The molecular weight excluding hydrogens is 238 g/mol. The van der Waals surface area contributed by atoms with Gasteiger partial charge in [-0.2, -0.15) is 0 Å². The molecule has 1 aromatic carbocycles. The topological polar surface area (TPSA) is 54.0 Å². The van der Waals surface area contributed by atoms with Crippen molar-refractivity contribution in [3.8, 4) is 0 Å². The van der Waals surface area contributed by atoms with Crippen molar-refractivity contribution in [3.63, 3.8) is 0 Å². The first kappa shape index (κ1) is 10.9. The number of carbonyl (C=O) groups excluding carboxylic acids is 1. The zero-order valence-electron chi connectivity index (χ0n) is 10.5. The summed E-state index contributed by atoms with van der Waals surface area (Å²) in [5.41, 5.74) is 0.538. The highest BCUT2D eigenvalue weighted by Gasteiger charge is 2.53. The molecule has 4 rings (SSSR count). The molecule has 1 aliphatic carbocycles. The van der Waals surface area contributed by atoms with E-state index in [2.05, 4.69) is 15.6 Å². The van der Waals surface area contributed by atoms with Crippen LogP contribution >= 0.6 is 0 Å². The minimum Gasteiger partial charge on any atom is -0.347 e. The van der Waals surface area contributed by atoms with E-state index in [1.54, 1.807) is 6.20 Å². The molecule has 0 spiro atoms. The van der Waals surface area contributed by atoms with Gasteiger partial charge in [-0.05, 0) is 23.3 Å². The van der Waals surface area contributed by atoms with Crippen LogP contribution in [0.2, 0.25) is 0 Å². The number of piperidine rings is 1. The van der Waals surface area contributed by atoms with Gasteiger partial charge in [0, 0.05) is 30.7 Å². The maximum Gasteiger partial charge on any atom is 0.270 e. The van der Waals surface area contributed by atoms with Crippen molar-refractivity contribution < 1.29 is 4.79 Å². The molecule has 0 radical (unpaired) electrons. The first-order chi connectivity index (χ1) is 9.34. The van der Waals surface area contributed by atoms with Crippen LogP contribution in [0, 0.1) is 11.8 Å². The van der Waals surface area contributed by atoms with E-state index in [-0.39, 0.29) is 5.91 Å². The van der Waals surface area contributed by atoms with Crippen molar-refractivity contribution in [2.75, 3.05) is 13.1 Å². The third-order valence-corrected chi connectivity index (χ3v) is 4.28. The molecule has 1 saturated heterocycles. The van der Waals surface area contributed by atoms with Gasteiger partial charge in [0.2, 0.25) is 0 Å². The van der Waals surface area contributed by atoms with Crippen LogP contribution < -0.4 is 10.6 Å². The highest BCUT2D eigenvalue weighted by molar-refractivity contribution is 6.05. The summed E-state index contributed by atoms with van der Waals surface area (Å²) in [4.78, 5) is 16.6. The van der Waals surface area contributed by atoms with Crippen molar-refractivity contribution >= 4 is 16.7 Å². The average Bonchev–Trinajstić information content (AvgIpc) is 2.88. The Bertz CT molecular complexity index is 639. The number of aromatic nitrogens is 1. The zero-order valence-corrected chi connectivity index (χ0v) is 10.5. The van der Waals surface area contributed by atoms with Crippen molar-refractivity contribution in [1.82, 2.24) is 15.6 Å². The second kappa shape index (κ2) is 4.03. The highest BCUT2D eigenvalue weighted by Crippen LogP contribution is 2.41. The SMILES string of the molecule is O=C(NC1C2CNCC21)c1nccc2ccccc12. The van der Waals surface area contributed by atoms with E-state index in [4.69, 9.17) is 0 Å². The molecule has 1 amide bonds. The minimum absolute atomic E-state index is 0.0452. The molecule has 19 heavy (non-hydrogen) atoms. The number of carbonyl (C=O) groups is 1. The molecule has 1 aliphatic heterocycles. The van der Waals surface area contributed by atoms with Gasteiger partial charge in [0.05, 0.1) is 0 Å². The van der Waals surface area contributed by atoms with E-state index in [0.717, 1.165) is 23.9 Å². The van der Waals surface area contributed by atoms with Gasteiger partial charge in [0.25, 0.3) is 5.91 Å². The summed E-state index contributed by atoms with van der Waals surface area (Å²) in [6, 6.07) is 10.1. The molecule has 2 aliphatic rings. The minimum atomic E-state index is -0.0452. The number of hydrogen-bond donors (Lipinski definition) is 2. The Morgan fingerprint density at radius 3 is 2.84 bits per heavy atom. The van der Waals surface area contributed by atoms with Gasteiger partial charge in [-0.3, -0.25) is 9.78 Å². The van der Waals surface area contributed by atoms with E-state index in [0.29, 0.717) is 23.6 Å². The van der Waals surface area contributed by atoms with Crippen LogP contribution in [-0.2, 0) is 0 Å². The summed E-state index contributed by atoms with van der Waals surface area (Å²) in [5, 5.41) is 8.43. The van der Waals surface area contributed by atoms with Crippen LogP contribution in [0.3, 0.4) is 0 Å². The van der Waals surface area contributed by atoms with Crippen LogP contribution in [0.5, 0.6) is 0 Å². The lowest BCUT2D eigenvalue weighted by Crippen LogP contribution is -2.33. The Kier molecular flexibility index (Phi) is 2.32. The average molecular weight is 253 g/mol. The number of rotatable bonds is 2. The fourth-order valence-corrected chi connectivity index (χ4v) is 3.15. The maximum absolute atomic E-state index is 12.3. The lowest BCUT2D eigenvalue weighted by Gasteiger charge is -2.09. The monoisotopic (exact) mass is 253 g/mol. The van der Waals surface area contributed by atoms with Crippen LogP contribution in [0.1, 0.15) is 10.5 Å². The van der Waals surface area contributed by atoms with Crippen molar-refractivity contribution in [2.45, 2.75) is 6.04 Å². The molecule has 4 heteroatoms. The first-order valence-electron chi connectivity index (χ1n) is 6.70. The largest absolute Gasteiger partial charge is 0.347 e. The number of amides is 1. The molecule has 0 bridgehead atoms. The molecule has 2 unspecified atom stereocenters. The number of hydrogen-bond acceptors (Lipinski definition) is 3. The molecule has 2 atom stereocenters. The zero-order chi connectivity index (χ0) is 12.8. The first-order valence-corrected chi connectivity index (χ1v) is 6.70. The normalized spacial score (nSPS) is 28.1. The Balaban J connectivity index is 1.61. The fraction of sp³-hybridized carbons (Fsp3) is 0.333. The fourth-order valence-electron chi connectivity index (χ4n) is 3.15. The van der Waals surface area contributed by atoms with Gasteiger partial charge in [-0.15, -0.1) is 0 Å². The number of nitrogens with zero attached hydrogens (tertiary/aromatic N) is 1. The lowest BCUT2D eigenvalue weighted by atomic mass is 10.1. The van der Waals surface area contributed by atoms with Crippen LogP contribution in [-0.4, -0.2) is 30.0 Å². The van der Waals surface area contributed by atoms with Gasteiger partial charge in [0.1, 0.15) is 5.69 Å². The van der Waals surface area contributed by atoms with Gasteiger partial charge in [0.15, 0.2) is 0 Å². The van der Waals surface area contributed by atoms with Gasteiger partial charge in [-0.25, -0.2) is 0 Å². The molecule has 2 N–H and O–H groups in total. The number of benzene rings is 1. The standard InChI is InChI=1S/C15H15N3O/c19-15(18-13-11-7-16-8-12(11)13)14-10-4-2-1-3-9(10)5-6-17-14/h1-6,11-13,16H,7-8H2,(H,18,19). The smallest absolute Gasteiger partial charge is 0.270 e. The van der Waals surface area contributed by atoms with Gasteiger partial charge < -0.3 is 10.6 Å². The van der Waals surface area contributed by atoms with Crippen LogP contribution in [0.4, 0.5) is 0 Å². The van der Waals surface area contributed by atoms with Crippen LogP contribution in [0.25, 0.3) is 10.8 Å². The lowest BCUT2D eigenvalue weighted by molar-refractivity contribution is 0.0943. The Hall–Kier alpha value is -1.94. The molecule has 2 fully saturated rings. The summed E-state index contributed by atoms with van der Waals surface area (Å²) in [6.07, 6.45) is 1.70. The van der Waals surface area contributed by atoms with Crippen molar-refractivity contribution in [2.24, 2.45) is 11.8 Å². The van der Waals surface area contributed by atoms with Gasteiger partial charge in [-0.1, -0.05) is 24.3 Å². The van der Waals surface area contributed by atoms with E-state index in [1.807, 2.05) is 30.3 Å². The molecule has 1 saturated carbocycles. The molecule has 2 aromatic rings. The quantitative estimate of drug-likeness (QED) is 0.845. The number of pyridine rings is 1. The Morgan fingerprint density at radius 2 is 2.00 bits per heavy atom. The second-order valence-electron chi connectivity index (χ2n) is 5.37. The van der Waals surface area contributed by atoms with E-state index < -0.39 is 0 Å². The van der Waals surface area contributed by atoms with Gasteiger partial charge >= 0.3 is 0 Å². The third-order valence-electron chi connectivity index (χ3n) is 4.28. The molecule has 4 nitrogen and oxygen atoms in total. The summed E-state index contributed by atoms with van der Waals surface area (Å²) in [5.74, 6) is 1.20. The number of fused-ring (bicyclic) bond motifs is 2. The molecular formula is C15H15N3O. The molecule has 96 valence electrons. The van der Waals surface area contributed by atoms with E-state index in [9.17, 15) is 4.79 Å². The summed E-state index contributed by atoms with van der Waals surface area (Å²) in [6.45, 7) is 2.05. The van der Waals surface area contributed by atoms with Crippen LogP contribution in [0.15, 0.2) is 36.5 Å². The molecule has 1 aromatic heterocycles.